The van der Waals surface area contributed by atoms with Crippen LogP contribution in [0.25, 0.3) is 11.5 Å². The molecule has 0 spiro atoms. The number of aromatic nitrogens is 3. The fraction of sp³-hybridized carbons (Fsp3) is 0.500. The van der Waals surface area contributed by atoms with Crippen molar-refractivity contribution in [2.45, 2.75) is 26.4 Å². The van der Waals surface area contributed by atoms with Gasteiger partial charge >= 0.3 is 5.97 Å². The van der Waals surface area contributed by atoms with E-state index in [-0.39, 0.29) is 11.9 Å². The van der Waals surface area contributed by atoms with E-state index < -0.39 is 0 Å². The number of carbonyl (C=O) groups is 1. The third-order valence-corrected chi connectivity index (χ3v) is 4.37. The van der Waals surface area contributed by atoms with Gasteiger partial charge in [-0.15, -0.1) is 5.10 Å². The van der Waals surface area contributed by atoms with Gasteiger partial charge in [0.2, 0.25) is 5.89 Å². The average molecular weight is 348 g/mol. The number of likely N-dealkylation sites (tertiary alicyclic amines) is 1. The number of pyridine rings is 1. The summed E-state index contributed by atoms with van der Waals surface area (Å²) >= 11 is 5.26. The first-order valence-electron chi connectivity index (χ1n) is 8.04. The lowest BCUT2D eigenvalue weighted by Gasteiger charge is -2.30. The molecule has 0 unspecified atom stereocenters. The summed E-state index contributed by atoms with van der Waals surface area (Å²) in [6, 6.07) is 3.66. The summed E-state index contributed by atoms with van der Waals surface area (Å²) in [6.45, 7) is 4.44. The number of rotatable bonds is 5. The summed E-state index contributed by atoms with van der Waals surface area (Å²) in [6.07, 6.45) is 4.96. The van der Waals surface area contributed by atoms with Crippen LogP contribution in [0.3, 0.4) is 0 Å². The van der Waals surface area contributed by atoms with Crippen molar-refractivity contribution in [1.82, 2.24) is 19.7 Å². The molecule has 1 aliphatic heterocycles. The van der Waals surface area contributed by atoms with Gasteiger partial charge in [0.1, 0.15) is 0 Å². The van der Waals surface area contributed by atoms with Crippen LogP contribution in [0.15, 0.2) is 28.9 Å². The molecule has 0 saturated carbocycles. The van der Waals surface area contributed by atoms with Crippen LogP contribution in [-0.4, -0.2) is 45.3 Å². The minimum Gasteiger partial charge on any atom is -0.466 e. The molecule has 7 nitrogen and oxygen atoms in total. The van der Waals surface area contributed by atoms with Gasteiger partial charge < -0.3 is 9.15 Å². The Morgan fingerprint density at radius 3 is 2.75 bits per heavy atom. The Morgan fingerprint density at radius 1 is 1.38 bits per heavy atom. The fourth-order valence-corrected chi connectivity index (χ4v) is 2.94. The second kappa shape index (κ2) is 7.67. The van der Waals surface area contributed by atoms with Crippen LogP contribution in [0.2, 0.25) is 0 Å². The summed E-state index contributed by atoms with van der Waals surface area (Å²) in [4.78, 5) is 18.3. The SMILES string of the molecule is CCOC(=O)C1CCN(Cn2nc(-c3ccncc3)oc2=S)CC1. The van der Waals surface area contributed by atoms with Gasteiger partial charge in [0.25, 0.3) is 4.84 Å². The van der Waals surface area contributed by atoms with Gasteiger partial charge in [-0.25, -0.2) is 4.68 Å². The molecule has 24 heavy (non-hydrogen) atoms. The molecule has 0 bridgehead atoms. The highest BCUT2D eigenvalue weighted by molar-refractivity contribution is 7.71. The lowest BCUT2D eigenvalue weighted by Crippen LogP contribution is -2.38. The molecule has 8 heteroatoms. The van der Waals surface area contributed by atoms with Crippen molar-refractivity contribution < 1.29 is 13.9 Å². The molecule has 128 valence electrons. The summed E-state index contributed by atoms with van der Waals surface area (Å²) in [5, 5.41) is 4.44. The largest absolute Gasteiger partial charge is 0.466 e. The standard InChI is InChI=1S/C16H20N4O3S/c1-2-22-15(21)13-5-9-19(10-6-13)11-20-16(24)23-14(18-20)12-3-7-17-8-4-12/h3-4,7-8,13H,2,5-6,9-11H2,1H3. The zero-order valence-electron chi connectivity index (χ0n) is 13.6. The predicted molar refractivity (Wildman–Crippen MR) is 89.5 cm³/mol. The summed E-state index contributed by atoms with van der Waals surface area (Å²) in [7, 11) is 0. The van der Waals surface area contributed by atoms with E-state index in [0.717, 1.165) is 31.5 Å². The van der Waals surface area contributed by atoms with Gasteiger partial charge in [0.15, 0.2) is 0 Å². The maximum absolute atomic E-state index is 11.8. The van der Waals surface area contributed by atoms with Gasteiger partial charge in [-0.3, -0.25) is 14.7 Å². The van der Waals surface area contributed by atoms with Gasteiger partial charge in [-0.1, -0.05) is 0 Å². The Morgan fingerprint density at radius 2 is 2.08 bits per heavy atom. The topological polar surface area (TPSA) is 73.4 Å². The maximum atomic E-state index is 11.8. The van der Waals surface area contributed by atoms with Crippen molar-refractivity contribution in [3.05, 3.63) is 29.4 Å². The zero-order chi connectivity index (χ0) is 16.9. The molecule has 3 rings (SSSR count). The lowest BCUT2D eigenvalue weighted by atomic mass is 9.97. The summed E-state index contributed by atoms with van der Waals surface area (Å²) in [5.41, 5.74) is 0.843. The number of piperidine rings is 1. The second-order valence-corrected chi connectivity index (χ2v) is 6.04. The highest BCUT2D eigenvalue weighted by atomic mass is 32.1. The van der Waals surface area contributed by atoms with Crippen LogP contribution >= 0.6 is 12.2 Å². The van der Waals surface area contributed by atoms with Crippen LogP contribution < -0.4 is 0 Å². The number of hydrogen-bond donors (Lipinski definition) is 0. The molecule has 2 aromatic rings. The number of ether oxygens (including phenoxy) is 1. The first kappa shape index (κ1) is 16.8. The third-order valence-electron chi connectivity index (χ3n) is 4.08. The molecule has 1 aliphatic rings. The van der Waals surface area contributed by atoms with Gasteiger partial charge in [-0.05, 0) is 44.1 Å². The quantitative estimate of drug-likeness (QED) is 0.607. The molecular weight excluding hydrogens is 328 g/mol. The van der Waals surface area contributed by atoms with Crippen molar-refractivity contribution in [3.8, 4) is 11.5 Å². The third kappa shape index (κ3) is 3.88. The van der Waals surface area contributed by atoms with E-state index >= 15 is 0 Å². The van der Waals surface area contributed by atoms with Crippen LogP contribution in [0.4, 0.5) is 0 Å². The molecule has 0 aliphatic carbocycles. The molecule has 0 aromatic carbocycles. The van der Waals surface area contributed by atoms with Crippen molar-refractivity contribution >= 4 is 18.2 Å². The number of carbonyl (C=O) groups excluding carboxylic acids is 1. The average Bonchev–Trinajstić information content (AvgIpc) is 2.97. The van der Waals surface area contributed by atoms with E-state index in [4.69, 9.17) is 21.4 Å². The van der Waals surface area contributed by atoms with E-state index in [0.29, 0.717) is 24.0 Å². The van der Waals surface area contributed by atoms with Crippen molar-refractivity contribution in [2.24, 2.45) is 5.92 Å². The van der Waals surface area contributed by atoms with Crippen LogP contribution in [0, 0.1) is 10.8 Å². The van der Waals surface area contributed by atoms with Crippen LogP contribution in [-0.2, 0) is 16.2 Å². The molecule has 1 fully saturated rings. The second-order valence-electron chi connectivity index (χ2n) is 5.69. The number of hydrogen-bond acceptors (Lipinski definition) is 7. The highest BCUT2D eigenvalue weighted by Crippen LogP contribution is 2.20. The Hall–Kier alpha value is -2.06. The molecule has 0 N–H and O–H groups in total. The van der Waals surface area contributed by atoms with E-state index in [1.54, 1.807) is 17.1 Å². The van der Waals surface area contributed by atoms with Gasteiger partial charge in [0, 0.05) is 31.0 Å². The van der Waals surface area contributed by atoms with Gasteiger partial charge in [0.05, 0.1) is 19.2 Å². The molecule has 0 radical (unpaired) electrons. The van der Waals surface area contributed by atoms with E-state index in [9.17, 15) is 4.79 Å². The number of nitrogens with zero attached hydrogens (tertiary/aromatic N) is 4. The van der Waals surface area contributed by atoms with Crippen molar-refractivity contribution in [3.63, 3.8) is 0 Å². The highest BCUT2D eigenvalue weighted by Gasteiger charge is 2.26. The fourth-order valence-electron chi connectivity index (χ4n) is 2.77. The lowest BCUT2D eigenvalue weighted by molar-refractivity contribution is -0.149. The zero-order valence-corrected chi connectivity index (χ0v) is 14.4. The Kier molecular flexibility index (Phi) is 5.37. The molecule has 3 heterocycles. The van der Waals surface area contributed by atoms with Crippen LogP contribution in [0.1, 0.15) is 19.8 Å². The summed E-state index contributed by atoms with van der Waals surface area (Å²) < 4.78 is 12.3. The van der Waals surface area contributed by atoms with Gasteiger partial charge in [-0.2, -0.15) is 0 Å². The Bertz CT molecular complexity index is 735. The first-order chi connectivity index (χ1) is 11.7. The molecule has 1 saturated heterocycles. The van der Waals surface area contributed by atoms with Crippen LogP contribution in [0.5, 0.6) is 0 Å². The first-order valence-corrected chi connectivity index (χ1v) is 8.45. The Labute approximate surface area is 145 Å². The monoisotopic (exact) mass is 348 g/mol. The molecule has 0 atom stereocenters. The predicted octanol–water partition coefficient (Wildman–Crippen LogP) is 2.50. The minimum absolute atomic E-state index is 0.00106. The summed E-state index contributed by atoms with van der Waals surface area (Å²) in [5.74, 6) is 0.401. The molecule has 2 aromatic heterocycles. The molecular formula is C16H20N4O3S. The van der Waals surface area contributed by atoms with E-state index in [1.165, 1.54) is 0 Å². The van der Waals surface area contributed by atoms with E-state index in [1.807, 2.05) is 19.1 Å². The van der Waals surface area contributed by atoms with Crippen molar-refractivity contribution in [2.75, 3.05) is 19.7 Å². The van der Waals surface area contributed by atoms with E-state index in [2.05, 4.69) is 15.0 Å². The minimum atomic E-state index is -0.0878. The van der Waals surface area contributed by atoms with Crippen molar-refractivity contribution in [1.29, 1.82) is 0 Å². The molecule has 0 amide bonds. The smallest absolute Gasteiger partial charge is 0.309 e. The maximum Gasteiger partial charge on any atom is 0.309 e. The Balaban J connectivity index is 1.61. The number of esters is 1. The normalized spacial score (nSPS) is 16.2.